The van der Waals surface area contributed by atoms with Crippen LogP contribution in [0.3, 0.4) is 0 Å². The molecule has 0 aliphatic rings. The van der Waals surface area contributed by atoms with Crippen molar-refractivity contribution in [1.29, 1.82) is 0 Å². The van der Waals surface area contributed by atoms with Crippen LogP contribution in [0.15, 0.2) is 51.9 Å². The second-order valence-electron chi connectivity index (χ2n) is 6.06. The van der Waals surface area contributed by atoms with Gasteiger partial charge in [0, 0.05) is 10.6 Å². The summed E-state index contributed by atoms with van der Waals surface area (Å²) in [5.41, 5.74) is 1.62. The quantitative estimate of drug-likeness (QED) is 0.538. The Kier molecular flexibility index (Phi) is 5.88. The van der Waals surface area contributed by atoms with Crippen molar-refractivity contribution in [2.24, 2.45) is 0 Å². The lowest BCUT2D eigenvalue weighted by atomic mass is 10.2. The van der Waals surface area contributed by atoms with Gasteiger partial charge >= 0.3 is 0 Å². The number of aryl methyl sites for hydroxylation is 2. The largest absolute Gasteiger partial charge is 0.495 e. The fraction of sp³-hybridized carbons (Fsp3) is 0.211. The van der Waals surface area contributed by atoms with E-state index < -0.39 is 10.0 Å². The molecule has 0 aliphatic carbocycles. The fourth-order valence-corrected chi connectivity index (χ4v) is 4.98. The number of ether oxygens (including phenoxy) is 1. The van der Waals surface area contributed by atoms with Gasteiger partial charge in [0.2, 0.25) is 0 Å². The summed E-state index contributed by atoms with van der Waals surface area (Å²) >= 11 is 12.2. The van der Waals surface area contributed by atoms with E-state index in [1.807, 2.05) is 0 Å². The van der Waals surface area contributed by atoms with E-state index in [1.165, 1.54) is 29.6 Å². The van der Waals surface area contributed by atoms with Gasteiger partial charge in [-0.3, -0.25) is 4.31 Å². The van der Waals surface area contributed by atoms with Crippen molar-refractivity contribution < 1.29 is 17.7 Å². The Labute approximate surface area is 173 Å². The van der Waals surface area contributed by atoms with Crippen LogP contribution in [0.5, 0.6) is 5.75 Å². The number of methoxy groups -OCH3 is 1. The number of benzene rings is 2. The third-order valence-corrected chi connectivity index (χ3v) is 6.77. The molecule has 0 saturated heterocycles. The second-order valence-corrected chi connectivity index (χ2v) is 8.74. The lowest BCUT2D eigenvalue weighted by Crippen LogP contribution is -2.31. The normalized spacial score (nSPS) is 11.5. The van der Waals surface area contributed by atoms with E-state index in [0.717, 1.165) is 0 Å². The van der Waals surface area contributed by atoms with Gasteiger partial charge in [-0.15, -0.1) is 0 Å². The van der Waals surface area contributed by atoms with Gasteiger partial charge in [0.1, 0.15) is 16.4 Å². The predicted octanol–water partition coefficient (Wildman–Crippen LogP) is 5.00. The van der Waals surface area contributed by atoms with Crippen molar-refractivity contribution in [3.63, 3.8) is 0 Å². The van der Waals surface area contributed by atoms with E-state index in [-0.39, 0.29) is 21.5 Å². The summed E-state index contributed by atoms with van der Waals surface area (Å²) in [6.45, 7) is 3.48. The third kappa shape index (κ3) is 3.83. The number of hydrogen-bond acceptors (Lipinski definition) is 5. The van der Waals surface area contributed by atoms with Crippen LogP contribution in [0.2, 0.25) is 10.0 Å². The number of aromatic nitrogens is 1. The Bertz CT molecular complexity index is 1090. The van der Waals surface area contributed by atoms with Crippen LogP contribution in [0.25, 0.3) is 0 Å². The summed E-state index contributed by atoms with van der Waals surface area (Å²) in [6, 6.07) is 11.1. The molecule has 148 valence electrons. The summed E-state index contributed by atoms with van der Waals surface area (Å²) in [5.74, 6) is 0.931. The van der Waals surface area contributed by atoms with Crippen LogP contribution < -0.4 is 9.04 Å². The maximum Gasteiger partial charge on any atom is 0.266 e. The highest BCUT2D eigenvalue weighted by molar-refractivity contribution is 7.93. The van der Waals surface area contributed by atoms with Crippen molar-refractivity contribution in [3.8, 4) is 5.75 Å². The minimum Gasteiger partial charge on any atom is -0.495 e. The highest BCUT2D eigenvalue weighted by atomic mass is 35.5. The number of rotatable bonds is 6. The van der Waals surface area contributed by atoms with Gasteiger partial charge in [-0.25, -0.2) is 8.42 Å². The number of para-hydroxylation sites is 2. The molecule has 0 atom stereocenters. The van der Waals surface area contributed by atoms with E-state index in [2.05, 4.69) is 5.16 Å². The minimum absolute atomic E-state index is 0.00723. The molecule has 0 unspecified atom stereocenters. The molecule has 0 saturated carbocycles. The minimum atomic E-state index is -4.08. The van der Waals surface area contributed by atoms with Gasteiger partial charge in [-0.05, 0) is 44.2 Å². The molecule has 0 aliphatic heterocycles. The molecule has 0 bridgehead atoms. The van der Waals surface area contributed by atoms with E-state index in [9.17, 15) is 8.42 Å². The van der Waals surface area contributed by atoms with Gasteiger partial charge in [0.05, 0.1) is 30.1 Å². The van der Waals surface area contributed by atoms with Crippen molar-refractivity contribution in [2.75, 3.05) is 11.4 Å². The maximum atomic E-state index is 13.6. The highest BCUT2D eigenvalue weighted by Gasteiger charge is 2.31. The third-order valence-electron chi connectivity index (χ3n) is 4.30. The Hall–Kier alpha value is -2.22. The van der Waals surface area contributed by atoms with Gasteiger partial charge in [0.15, 0.2) is 0 Å². The van der Waals surface area contributed by atoms with Gasteiger partial charge in [-0.1, -0.05) is 40.5 Å². The highest BCUT2D eigenvalue weighted by Crippen LogP contribution is 2.37. The molecular formula is C19H18Cl2N2O4S. The first-order chi connectivity index (χ1) is 13.3. The summed E-state index contributed by atoms with van der Waals surface area (Å²) < 4.78 is 39.0. The van der Waals surface area contributed by atoms with E-state index in [4.69, 9.17) is 32.5 Å². The molecule has 3 aromatic rings. The SMILES string of the molecule is COc1ccccc1N(Cc1c(C)noc1C)S(=O)(=O)c1cc(Cl)ccc1Cl. The fourth-order valence-electron chi connectivity index (χ4n) is 2.80. The summed E-state index contributed by atoms with van der Waals surface area (Å²) in [4.78, 5) is -0.0978. The molecule has 3 rings (SSSR count). The Morgan fingerprint density at radius 1 is 1.14 bits per heavy atom. The molecule has 6 nitrogen and oxygen atoms in total. The number of sulfonamides is 1. The molecule has 0 N–H and O–H groups in total. The second kappa shape index (κ2) is 8.03. The average molecular weight is 441 g/mol. The zero-order chi connectivity index (χ0) is 20.5. The Morgan fingerprint density at radius 3 is 2.50 bits per heavy atom. The average Bonchev–Trinajstić information content (AvgIpc) is 2.99. The number of anilines is 1. The standard InChI is InChI=1S/C19H18Cl2N2O4S/c1-12-15(13(2)27-22-12)11-23(17-6-4-5-7-18(17)26-3)28(24,25)19-10-14(20)8-9-16(19)21/h4-10H,11H2,1-3H3. The maximum absolute atomic E-state index is 13.6. The molecule has 1 aromatic heterocycles. The molecule has 0 fully saturated rings. The first-order valence-electron chi connectivity index (χ1n) is 8.28. The molecule has 28 heavy (non-hydrogen) atoms. The predicted molar refractivity (Wildman–Crippen MR) is 109 cm³/mol. The Morgan fingerprint density at radius 2 is 1.86 bits per heavy atom. The molecule has 1 heterocycles. The van der Waals surface area contributed by atoms with Crippen LogP contribution in [0.1, 0.15) is 17.0 Å². The monoisotopic (exact) mass is 440 g/mol. The van der Waals surface area contributed by atoms with Gasteiger partial charge in [-0.2, -0.15) is 0 Å². The van der Waals surface area contributed by atoms with Crippen LogP contribution in [-0.2, 0) is 16.6 Å². The molecule has 0 radical (unpaired) electrons. The van der Waals surface area contributed by atoms with Crippen LogP contribution in [-0.4, -0.2) is 20.7 Å². The Balaban J connectivity index is 2.22. The summed E-state index contributed by atoms with van der Waals surface area (Å²) in [6.07, 6.45) is 0. The molecular weight excluding hydrogens is 423 g/mol. The summed E-state index contributed by atoms with van der Waals surface area (Å²) in [7, 11) is -2.60. The summed E-state index contributed by atoms with van der Waals surface area (Å²) in [5, 5.41) is 4.25. The topological polar surface area (TPSA) is 72.6 Å². The van der Waals surface area contributed by atoms with Gasteiger partial charge < -0.3 is 9.26 Å². The van der Waals surface area contributed by atoms with Crippen LogP contribution >= 0.6 is 23.2 Å². The lowest BCUT2D eigenvalue weighted by Gasteiger charge is -2.26. The van der Waals surface area contributed by atoms with Crippen molar-refractivity contribution >= 4 is 38.9 Å². The zero-order valence-corrected chi connectivity index (χ0v) is 17.8. The number of hydrogen-bond donors (Lipinski definition) is 0. The lowest BCUT2D eigenvalue weighted by molar-refractivity contribution is 0.392. The van der Waals surface area contributed by atoms with Crippen molar-refractivity contribution in [1.82, 2.24) is 5.16 Å². The number of halogens is 2. The van der Waals surface area contributed by atoms with Gasteiger partial charge in [0.25, 0.3) is 10.0 Å². The zero-order valence-electron chi connectivity index (χ0n) is 15.4. The van der Waals surface area contributed by atoms with E-state index in [1.54, 1.807) is 38.1 Å². The van der Waals surface area contributed by atoms with Crippen LogP contribution in [0.4, 0.5) is 5.69 Å². The molecule has 0 amide bonds. The van der Waals surface area contributed by atoms with Crippen LogP contribution in [0, 0.1) is 13.8 Å². The van der Waals surface area contributed by atoms with E-state index in [0.29, 0.717) is 28.5 Å². The smallest absolute Gasteiger partial charge is 0.266 e. The molecule has 0 spiro atoms. The van der Waals surface area contributed by atoms with E-state index >= 15 is 0 Å². The van der Waals surface area contributed by atoms with Crippen molar-refractivity contribution in [3.05, 3.63) is 69.5 Å². The first-order valence-corrected chi connectivity index (χ1v) is 10.5. The molecule has 2 aromatic carbocycles. The molecule has 9 heteroatoms. The first kappa shape index (κ1) is 20.5. The number of nitrogens with zero attached hydrogens (tertiary/aromatic N) is 2. The van der Waals surface area contributed by atoms with Crippen molar-refractivity contribution in [2.45, 2.75) is 25.3 Å².